The van der Waals surface area contributed by atoms with Crippen LogP contribution in [0.5, 0.6) is 23.0 Å². The van der Waals surface area contributed by atoms with E-state index in [9.17, 15) is 18.4 Å². The number of halogens is 2. The number of rotatable bonds is 20. The number of unbranched alkanes of at least 4 members (excludes halogenated alkanes) is 4. The minimum atomic E-state index is -3.78. The normalized spacial score (nSPS) is 23.0. The SMILES string of the molecule is C=CC(=O)OCCCCCCOc1ccc(OCC2CCC(C3CCC(OCCCCOC(=O)C=C)CC3)CC2)c2c1OC(F)(F)O2. The summed E-state index contributed by atoms with van der Waals surface area (Å²) < 4.78 is 65.6. The molecule has 0 saturated heterocycles. The molecule has 2 saturated carbocycles. The van der Waals surface area contributed by atoms with Crippen LogP contribution in [0.1, 0.15) is 89.9 Å². The number of ether oxygens (including phenoxy) is 7. The molecule has 0 amide bonds. The van der Waals surface area contributed by atoms with Gasteiger partial charge in [-0.05, 0) is 120 Å². The van der Waals surface area contributed by atoms with Crippen LogP contribution in [-0.2, 0) is 23.8 Å². The van der Waals surface area contributed by atoms with Crippen molar-refractivity contribution in [3.63, 3.8) is 0 Å². The Labute approximate surface area is 276 Å². The van der Waals surface area contributed by atoms with E-state index < -0.39 is 12.3 Å². The number of hydrogen-bond donors (Lipinski definition) is 0. The Kier molecular flexibility index (Phi) is 14.6. The fourth-order valence-electron chi connectivity index (χ4n) is 6.62. The lowest BCUT2D eigenvalue weighted by Crippen LogP contribution is -2.30. The van der Waals surface area contributed by atoms with Crippen molar-refractivity contribution in [3.8, 4) is 23.0 Å². The fraction of sp³-hybridized carbons (Fsp3) is 0.667. The van der Waals surface area contributed by atoms with E-state index in [1.807, 2.05) is 0 Å². The Hall–Kier alpha value is -3.34. The molecule has 1 aromatic rings. The fourth-order valence-corrected chi connectivity index (χ4v) is 6.62. The highest BCUT2D eigenvalue weighted by atomic mass is 19.3. The molecular weight excluding hydrogens is 614 g/mol. The minimum Gasteiger partial charge on any atom is -0.490 e. The van der Waals surface area contributed by atoms with E-state index in [0.717, 1.165) is 82.6 Å². The zero-order valence-electron chi connectivity index (χ0n) is 27.4. The molecule has 9 nitrogen and oxygen atoms in total. The van der Waals surface area contributed by atoms with Gasteiger partial charge >= 0.3 is 18.2 Å². The molecule has 1 aromatic carbocycles. The van der Waals surface area contributed by atoms with Gasteiger partial charge in [-0.25, -0.2) is 9.59 Å². The van der Waals surface area contributed by atoms with Crippen molar-refractivity contribution >= 4 is 11.9 Å². The molecule has 262 valence electrons. The number of esters is 2. The Bertz CT molecular complexity index is 1160. The van der Waals surface area contributed by atoms with E-state index in [0.29, 0.717) is 57.4 Å². The summed E-state index contributed by atoms with van der Waals surface area (Å²) >= 11 is 0. The first-order chi connectivity index (χ1) is 22.8. The Morgan fingerprint density at radius 1 is 0.702 bits per heavy atom. The third kappa shape index (κ3) is 12.0. The molecule has 2 fully saturated rings. The highest BCUT2D eigenvalue weighted by Gasteiger charge is 2.47. The molecular formula is C36H50F2O9. The summed E-state index contributed by atoms with van der Waals surface area (Å²) in [7, 11) is 0. The number of carbonyl (C=O) groups is 2. The monoisotopic (exact) mass is 664 g/mol. The van der Waals surface area contributed by atoms with E-state index in [1.54, 1.807) is 12.1 Å². The smallest absolute Gasteiger partial charge is 0.490 e. The van der Waals surface area contributed by atoms with Crippen LogP contribution in [0.2, 0.25) is 0 Å². The average molecular weight is 665 g/mol. The first kappa shape index (κ1) is 36.5. The predicted octanol–water partition coefficient (Wildman–Crippen LogP) is 7.95. The molecule has 3 aliphatic rings. The van der Waals surface area contributed by atoms with Gasteiger partial charge in [0.1, 0.15) is 0 Å². The van der Waals surface area contributed by atoms with Gasteiger partial charge in [-0.3, -0.25) is 0 Å². The zero-order chi connectivity index (χ0) is 33.5. The van der Waals surface area contributed by atoms with Gasteiger partial charge in [0.05, 0.1) is 32.5 Å². The summed E-state index contributed by atoms with van der Waals surface area (Å²) in [6.45, 7) is 8.93. The van der Waals surface area contributed by atoms with Gasteiger partial charge in [-0.1, -0.05) is 13.2 Å². The second-order valence-corrected chi connectivity index (χ2v) is 12.6. The quantitative estimate of drug-likeness (QED) is 0.0781. The van der Waals surface area contributed by atoms with Gasteiger partial charge in [-0.2, -0.15) is 0 Å². The summed E-state index contributed by atoms with van der Waals surface area (Å²) in [6.07, 6.45) is 12.6. The first-order valence-corrected chi connectivity index (χ1v) is 17.2. The van der Waals surface area contributed by atoms with Crippen molar-refractivity contribution in [3.05, 3.63) is 37.4 Å². The van der Waals surface area contributed by atoms with Crippen molar-refractivity contribution < 1.29 is 51.5 Å². The van der Waals surface area contributed by atoms with E-state index in [2.05, 4.69) is 13.2 Å². The lowest BCUT2D eigenvalue weighted by molar-refractivity contribution is -0.287. The molecule has 2 aliphatic carbocycles. The van der Waals surface area contributed by atoms with Crippen LogP contribution in [0, 0.1) is 17.8 Å². The summed E-state index contributed by atoms with van der Waals surface area (Å²) in [6, 6.07) is 3.20. The van der Waals surface area contributed by atoms with Gasteiger partial charge in [-0.15, -0.1) is 8.78 Å². The Balaban J connectivity index is 1.12. The van der Waals surface area contributed by atoms with E-state index in [-0.39, 0.29) is 29.0 Å². The standard InChI is InChI=1S/C36H50F2O9/c1-3-32(39)43-23-8-6-5-7-22-42-30-19-20-31(35-34(30)46-36(37,38)47-35)45-25-26-11-13-27(14-12-26)28-15-17-29(18-16-28)41-21-9-10-24-44-33(40)4-2/h3-4,19-20,26-29H,1-2,5-18,21-25H2. The van der Waals surface area contributed by atoms with Crippen molar-refractivity contribution in [2.45, 2.75) is 102 Å². The molecule has 1 heterocycles. The molecule has 0 N–H and O–H groups in total. The summed E-state index contributed by atoms with van der Waals surface area (Å²) in [5, 5.41) is 0. The predicted molar refractivity (Wildman–Crippen MR) is 171 cm³/mol. The van der Waals surface area contributed by atoms with E-state index in [1.165, 1.54) is 18.9 Å². The number of hydrogen-bond acceptors (Lipinski definition) is 9. The second-order valence-electron chi connectivity index (χ2n) is 12.6. The molecule has 1 aliphatic heterocycles. The van der Waals surface area contributed by atoms with E-state index >= 15 is 0 Å². The molecule has 0 spiro atoms. The van der Waals surface area contributed by atoms with Crippen LogP contribution >= 0.6 is 0 Å². The van der Waals surface area contributed by atoms with Crippen LogP contribution in [0.25, 0.3) is 0 Å². The van der Waals surface area contributed by atoms with Gasteiger partial charge in [0.2, 0.25) is 11.5 Å². The highest BCUT2D eigenvalue weighted by molar-refractivity contribution is 5.81. The Morgan fingerprint density at radius 3 is 1.77 bits per heavy atom. The lowest BCUT2D eigenvalue weighted by Gasteiger charge is -2.37. The number of benzene rings is 1. The third-order valence-electron chi connectivity index (χ3n) is 9.24. The van der Waals surface area contributed by atoms with Gasteiger partial charge in [0.15, 0.2) is 11.5 Å². The largest absolute Gasteiger partial charge is 0.586 e. The number of alkyl halides is 2. The molecule has 0 atom stereocenters. The molecule has 11 heteroatoms. The summed E-state index contributed by atoms with van der Waals surface area (Å²) in [5.74, 6) is 1.12. The third-order valence-corrected chi connectivity index (χ3v) is 9.24. The number of carbonyl (C=O) groups excluding carboxylic acids is 2. The van der Waals surface area contributed by atoms with Crippen molar-refractivity contribution in [1.29, 1.82) is 0 Å². The number of fused-ring (bicyclic) bond motifs is 1. The molecule has 4 rings (SSSR count). The second kappa shape index (κ2) is 18.9. The van der Waals surface area contributed by atoms with Gasteiger partial charge in [0.25, 0.3) is 0 Å². The lowest BCUT2D eigenvalue weighted by atomic mass is 9.71. The van der Waals surface area contributed by atoms with Crippen LogP contribution in [0.3, 0.4) is 0 Å². The zero-order valence-corrected chi connectivity index (χ0v) is 27.4. The van der Waals surface area contributed by atoms with Gasteiger partial charge in [0, 0.05) is 18.8 Å². The first-order valence-electron chi connectivity index (χ1n) is 17.2. The summed E-state index contributed by atoms with van der Waals surface area (Å²) in [5.41, 5.74) is 0. The maximum Gasteiger partial charge on any atom is 0.586 e. The topological polar surface area (TPSA) is 98.8 Å². The van der Waals surface area contributed by atoms with Crippen molar-refractivity contribution in [2.24, 2.45) is 17.8 Å². The minimum absolute atomic E-state index is 0.125. The van der Waals surface area contributed by atoms with Gasteiger partial charge < -0.3 is 33.2 Å². The van der Waals surface area contributed by atoms with Crippen LogP contribution < -0.4 is 18.9 Å². The maximum absolute atomic E-state index is 14.1. The summed E-state index contributed by atoms with van der Waals surface area (Å²) in [4.78, 5) is 22.1. The average Bonchev–Trinajstić information content (AvgIpc) is 3.42. The van der Waals surface area contributed by atoms with E-state index in [4.69, 9.17) is 33.2 Å². The molecule has 0 aromatic heterocycles. The maximum atomic E-state index is 14.1. The van der Waals surface area contributed by atoms with Crippen LogP contribution in [-0.4, -0.2) is 57.4 Å². The van der Waals surface area contributed by atoms with Crippen molar-refractivity contribution in [2.75, 3.05) is 33.0 Å². The Morgan fingerprint density at radius 2 is 1.19 bits per heavy atom. The highest BCUT2D eigenvalue weighted by Crippen LogP contribution is 2.52. The van der Waals surface area contributed by atoms with Crippen LogP contribution in [0.15, 0.2) is 37.4 Å². The molecule has 0 unspecified atom stereocenters. The molecule has 47 heavy (non-hydrogen) atoms. The van der Waals surface area contributed by atoms with Crippen LogP contribution in [0.4, 0.5) is 8.78 Å². The molecule has 0 radical (unpaired) electrons. The molecule has 0 bridgehead atoms. The van der Waals surface area contributed by atoms with Crippen molar-refractivity contribution in [1.82, 2.24) is 0 Å².